The second-order valence-corrected chi connectivity index (χ2v) is 6.19. The van der Waals surface area contributed by atoms with Crippen LogP contribution in [-0.4, -0.2) is 49.0 Å². The number of hydrogen-bond donors (Lipinski definition) is 0. The molecule has 0 spiro atoms. The minimum absolute atomic E-state index is 0.163. The van der Waals surface area contributed by atoms with E-state index in [0.717, 1.165) is 13.1 Å². The summed E-state index contributed by atoms with van der Waals surface area (Å²) in [7, 11) is 1.80. The van der Waals surface area contributed by atoms with Crippen LogP contribution in [0.25, 0.3) is 0 Å². The van der Waals surface area contributed by atoms with Crippen molar-refractivity contribution in [2.24, 2.45) is 5.92 Å². The fourth-order valence-corrected chi connectivity index (χ4v) is 3.55. The summed E-state index contributed by atoms with van der Waals surface area (Å²) < 4.78 is 11.1. The van der Waals surface area contributed by atoms with Crippen molar-refractivity contribution in [3.8, 4) is 0 Å². The second kappa shape index (κ2) is 5.43. The van der Waals surface area contributed by atoms with E-state index in [0.29, 0.717) is 25.0 Å². The number of hydrogen-bond acceptors (Lipinski definition) is 4. The summed E-state index contributed by atoms with van der Waals surface area (Å²) in [6, 6.07) is 2.12. The molecule has 0 unspecified atom stereocenters. The highest BCUT2D eigenvalue weighted by Gasteiger charge is 2.47. The van der Waals surface area contributed by atoms with Crippen LogP contribution in [0.3, 0.4) is 0 Å². The molecule has 4 heteroatoms. The van der Waals surface area contributed by atoms with Gasteiger partial charge in [-0.1, -0.05) is 6.92 Å². The molecule has 2 atom stereocenters. The van der Waals surface area contributed by atoms with E-state index in [4.69, 9.17) is 9.47 Å². The van der Waals surface area contributed by atoms with Gasteiger partial charge in [-0.15, -0.1) is 0 Å². The predicted molar refractivity (Wildman–Crippen MR) is 77.6 cm³/mol. The maximum Gasteiger partial charge on any atom is 0.168 e. The fraction of sp³-hybridized carbons (Fsp3) is 0.688. The van der Waals surface area contributed by atoms with Crippen LogP contribution >= 0.6 is 0 Å². The van der Waals surface area contributed by atoms with Gasteiger partial charge in [-0.2, -0.15) is 0 Å². The summed E-state index contributed by atoms with van der Waals surface area (Å²) >= 11 is 0. The molecule has 2 fully saturated rings. The van der Waals surface area contributed by atoms with Gasteiger partial charge < -0.3 is 9.47 Å². The van der Waals surface area contributed by atoms with Crippen LogP contribution in [0.5, 0.6) is 0 Å². The number of ether oxygens (including phenoxy) is 2. The monoisotopic (exact) mass is 276 g/mol. The molecule has 0 saturated carbocycles. The van der Waals surface area contributed by atoms with Gasteiger partial charge in [0.1, 0.15) is 0 Å². The summed E-state index contributed by atoms with van der Waals surface area (Å²) in [4.78, 5) is 6.77. The first-order chi connectivity index (χ1) is 9.66. The van der Waals surface area contributed by atoms with E-state index in [1.807, 2.05) is 12.4 Å². The number of piperidine rings is 1. The first-order valence-electron chi connectivity index (χ1n) is 7.45. The lowest BCUT2D eigenvalue weighted by Crippen LogP contribution is -2.65. The van der Waals surface area contributed by atoms with Gasteiger partial charge in [-0.3, -0.25) is 9.88 Å². The van der Waals surface area contributed by atoms with E-state index in [1.54, 1.807) is 7.11 Å². The van der Waals surface area contributed by atoms with Gasteiger partial charge >= 0.3 is 0 Å². The van der Waals surface area contributed by atoms with E-state index < -0.39 is 0 Å². The average Bonchev–Trinajstić information content (AvgIpc) is 2.40. The van der Waals surface area contributed by atoms with Crippen LogP contribution in [-0.2, 0) is 9.47 Å². The van der Waals surface area contributed by atoms with E-state index in [2.05, 4.69) is 29.8 Å². The summed E-state index contributed by atoms with van der Waals surface area (Å²) in [5.41, 5.74) is 2.61. The highest BCUT2D eigenvalue weighted by atomic mass is 16.6. The number of rotatable bonds is 3. The number of methoxy groups -OCH3 is 1. The van der Waals surface area contributed by atoms with Crippen molar-refractivity contribution < 1.29 is 9.47 Å². The van der Waals surface area contributed by atoms with Crippen molar-refractivity contribution >= 4 is 0 Å². The lowest BCUT2D eigenvalue weighted by Gasteiger charge is -2.52. The molecule has 1 aromatic rings. The molecule has 1 aromatic heterocycles. The van der Waals surface area contributed by atoms with Crippen molar-refractivity contribution in [3.05, 3.63) is 29.6 Å². The highest BCUT2D eigenvalue weighted by molar-refractivity contribution is 5.26. The Labute approximate surface area is 121 Å². The van der Waals surface area contributed by atoms with Crippen molar-refractivity contribution in [2.45, 2.75) is 31.9 Å². The molecule has 0 bridgehead atoms. The molecule has 0 radical (unpaired) electrons. The standard InChI is InChI=1S/C16H24N2O2/c1-12-4-6-17-8-15(12)14-5-7-18(9-13(14)2)16(19-3)10-20-11-16/h4,6,8,13-14H,5,7,9-11H2,1-3H3/t13-,14-/m1/s1. The summed E-state index contributed by atoms with van der Waals surface area (Å²) in [6.45, 7) is 8.06. The number of pyridine rings is 1. The predicted octanol–water partition coefficient (Wildman–Crippen LogP) is 2.19. The Balaban J connectivity index is 1.73. The zero-order valence-corrected chi connectivity index (χ0v) is 12.6. The van der Waals surface area contributed by atoms with Crippen molar-refractivity contribution in [2.75, 3.05) is 33.4 Å². The van der Waals surface area contributed by atoms with Gasteiger partial charge in [0.25, 0.3) is 0 Å². The Morgan fingerprint density at radius 3 is 2.80 bits per heavy atom. The van der Waals surface area contributed by atoms with Gasteiger partial charge in [0.05, 0.1) is 13.2 Å². The number of likely N-dealkylation sites (tertiary alicyclic amines) is 1. The fourth-order valence-electron chi connectivity index (χ4n) is 3.55. The molecular weight excluding hydrogens is 252 g/mol. The van der Waals surface area contributed by atoms with Crippen LogP contribution in [0.1, 0.15) is 30.4 Å². The molecule has 0 aliphatic carbocycles. The quantitative estimate of drug-likeness (QED) is 0.847. The average molecular weight is 276 g/mol. The largest absolute Gasteiger partial charge is 0.372 e. The Morgan fingerprint density at radius 2 is 2.25 bits per heavy atom. The first-order valence-corrected chi connectivity index (χ1v) is 7.45. The van der Waals surface area contributed by atoms with Gasteiger partial charge in [0.15, 0.2) is 5.72 Å². The van der Waals surface area contributed by atoms with E-state index in [-0.39, 0.29) is 5.72 Å². The third-order valence-corrected chi connectivity index (χ3v) is 5.00. The Bertz CT molecular complexity index is 468. The van der Waals surface area contributed by atoms with E-state index in [9.17, 15) is 0 Å². The normalized spacial score (nSPS) is 29.9. The minimum Gasteiger partial charge on any atom is -0.372 e. The van der Waals surface area contributed by atoms with Crippen molar-refractivity contribution in [3.63, 3.8) is 0 Å². The number of aryl methyl sites for hydroxylation is 1. The van der Waals surface area contributed by atoms with Crippen LogP contribution < -0.4 is 0 Å². The molecular formula is C16H24N2O2. The maximum absolute atomic E-state index is 5.71. The first kappa shape index (κ1) is 14.0. The topological polar surface area (TPSA) is 34.6 Å². The Kier molecular flexibility index (Phi) is 3.80. The molecule has 3 heterocycles. The molecule has 0 amide bonds. The third-order valence-electron chi connectivity index (χ3n) is 5.00. The van der Waals surface area contributed by atoms with Crippen LogP contribution in [0.4, 0.5) is 0 Å². The number of aromatic nitrogens is 1. The number of nitrogens with zero attached hydrogens (tertiary/aromatic N) is 2. The highest BCUT2D eigenvalue weighted by Crippen LogP contribution is 2.38. The Morgan fingerprint density at radius 1 is 1.45 bits per heavy atom. The SMILES string of the molecule is COC1(N2CC[C@@H](c3cnccc3C)[C@H](C)C2)COC1. The molecule has 110 valence electrons. The molecule has 2 aliphatic rings. The minimum atomic E-state index is -0.163. The lowest BCUT2D eigenvalue weighted by molar-refractivity contribution is -0.278. The molecule has 4 nitrogen and oxygen atoms in total. The zero-order chi connectivity index (χ0) is 14.2. The molecule has 20 heavy (non-hydrogen) atoms. The molecule has 2 aliphatic heterocycles. The maximum atomic E-state index is 5.71. The molecule has 2 saturated heterocycles. The van der Waals surface area contributed by atoms with Gasteiger partial charge in [0, 0.05) is 32.6 Å². The van der Waals surface area contributed by atoms with E-state index in [1.165, 1.54) is 17.5 Å². The zero-order valence-electron chi connectivity index (χ0n) is 12.6. The third kappa shape index (κ3) is 2.26. The summed E-state index contributed by atoms with van der Waals surface area (Å²) in [5, 5.41) is 0. The Hall–Kier alpha value is -0.970. The van der Waals surface area contributed by atoms with E-state index >= 15 is 0 Å². The van der Waals surface area contributed by atoms with Crippen LogP contribution in [0.15, 0.2) is 18.5 Å². The summed E-state index contributed by atoms with van der Waals surface area (Å²) in [5.74, 6) is 1.22. The molecule has 0 N–H and O–H groups in total. The van der Waals surface area contributed by atoms with Crippen molar-refractivity contribution in [1.29, 1.82) is 0 Å². The van der Waals surface area contributed by atoms with Gasteiger partial charge in [0.2, 0.25) is 0 Å². The van der Waals surface area contributed by atoms with Gasteiger partial charge in [-0.05, 0) is 42.4 Å². The smallest absolute Gasteiger partial charge is 0.168 e. The summed E-state index contributed by atoms with van der Waals surface area (Å²) in [6.07, 6.45) is 5.09. The van der Waals surface area contributed by atoms with Crippen molar-refractivity contribution in [1.82, 2.24) is 9.88 Å². The second-order valence-electron chi connectivity index (χ2n) is 6.19. The van der Waals surface area contributed by atoms with Crippen LogP contribution in [0.2, 0.25) is 0 Å². The van der Waals surface area contributed by atoms with Crippen LogP contribution in [0, 0.1) is 12.8 Å². The van der Waals surface area contributed by atoms with Gasteiger partial charge in [-0.25, -0.2) is 0 Å². The lowest BCUT2D eigenvalue weighted by atomic mass is 9.80. The molecule has 3 rings (SSSR count). The molecule has 0 aromatic carbocycles.